The van der Waals surface area contributed by atoms with Crippen molar-refractivity contribution in [2.45, 2.75) is 25.2 Å². The Hall–Kier alpha value is -3.79. The summed E-state index contributed by atoms with van der Waals surface area (Å²) in [6, 6.07) is 12.1. The molecule has 1 amide bonds. The summed E-state index contributed by atoms with van der Waals surface area (Å²) in [6.45, 7) is 2.39. The summed E-state index contributed by atoms with van der Waals surface area (Å²) in [5.41, 5.74) is 2.03. The number of nitrogens with zero attached hydrogens (tertiary/aromatic N) is 3. The first-order chi connectivity index (χ1) is 16.5. The second kappa shape index (κ2) is 8.86. The Balaban J connectivity index is 1.59. The minimum absolute atomic E-state index is 0.132. The first kappa shape index (κ1) is 22.0. The van der Waals surface area contributed by atoms with Crippen LogP contribution in [0, 0.1) is 0 Å². The molecule has 3 heterocycles. The fourth-order valence-corrected chi connectivity index (χ4v) is 5.10. The molecule has 34 heavy (non-hydrogen) atoms. The van der Waals surface area contributed by atoms with E-state index in [9.17, 15) is 14.4 Å². The highest BCUT2D eigenvalue weighted by atomic mass is 32.2. The molecule has 0 radical (unpaired) electrons. The zero-order valence-corrected chi connectivity index (χ0v) is 19.5. The molecule has 1 aliphatic rings. The van der Waals surface area contributed by atoms with Gasteiger partial charge in [0.15, 0.2) is 5.16 Å². The van der Waals surface area contributed by atoms with E-state index in [-0.39, 0.29) is 30.2 Å². The molecule has 4 aromatic rings. The molecule has 0 spiro atoms. The fourth-order valence-electron chi connectivity index (χ4n) is 4.16. The predicted octanol–water partition coefficient (Wildman–Crippen LogP) is 3.28. The zero-order chi connectivity index (χ0) is 23.8. The van der Waals surface area contributed by atoms with Gasteiger partial charge in [0, 0.05) is 17.7 Å². The van der Waals surface area contributed by atoms with Crippen molar-refractivity contribution < 1.29 is 19.1 Å². The van der Waals surface area contributed by atoms with Crippen LogP contribution < -0.4 is 15.6 Å². The summed E-state index contributed by atoms with van der Waals surface area (Å²) < 4.78 is 13.8. The third-order valence-corrected chi connectivity index (χ3v) is 6.63. The van der Waals surface area contributed by atoms with Crippen molar-refractivity contribution in [1.82, 2.24) is 14.1 Å². The van der Waals surface area contributed by atoms with Gasteiger partial charge in [0.2, 0.25) is 5.91 Å². The van der Waals surface area contributed by atoms with Crippen LogP contribution in [0.3, 0.4) is 0 Å². The molecule has 9 nitrogen and oxygen atoms in total. The number of nitrogens with one attached hydrogen (secondary N) is 1. The average molecular weight is 479 g/mol. The molecule has 10 heteroatoms. The lowest BCUT2D eigenvalue weighted by atomic mass is 10.2. The van der Waals surface area contributed by atoms with Gasteiger partial charge in [-0.05, 0) is 37.3 Å². The van der Waals surface area contributed by atoms with E-state index in [4.69, 9.17) is 14.5 Å². The smallest absolute Gasteiger partial charge is 0.340 e. The number of benzene rings is 2. The first-order valence-electron chi connectivity index (χ1n) is 10.8. The quantitative estimate of drug-likeness (QED) is 0.335. The van der Waals surface area contributed by atoms with Gasteiger partial charge in [-0.15, -0.1) is 0 Å². The lowest BCUT2D eigenvalue weighted by molar-refractivity contribution is -0.116. The third kappa shape index (κ3) is 3.69. The van der Waals surface area contributed by atoms with E-state index in [0.29, 0.717) is 39.7 Å². The number of para-hydroxylation sites is 1. The van der Waals surface area contributed by atoms with Crippen LogP contribution in [0.25, 0.3) is 21.9 Å². The van der Waals surface area contributed by atoms with E-state index in [1.165, 1.54) is 11.8 Å². The van der Waals surface area contributed by atoms with Crippen LogP contribution >= 0.6 is 11.8 Å². The summed E-state index contributed by atoms with van der Waals surface area (Å²) in [7, 11) is 1.57. The topological polar surface area (TPSA) is 104 Å². The van der Waals surface area contributed by atoms with Crippen LogP contribution in [-0.4, -0.2) is 45.5 Å². The Morgan fingerprint density at radius 3 is 2.82 bits per heavy atom. The number of ether oxygens (including phenoxy) is 2. The molecule has 0 atom stereocenters. The fraction of sp³-hybridized carbons (Fsp3) is 0.250. The number of hydrogen-bond acceptors (Lipinski definition) is 7. The molecule has 1 aliphatic heterocycles. The van der Waals surface area contributed by atoms with Gasteiger partial charge in [-0.25, -0.2) is 9.78 Å². The summed E-state index contributed by atoms with van der Waals surface area (Å²) in [5.74, 6) is 0.513. The van der Waals surface area contributed by atoms with Gasteiger partial charge < -0.3 is 19.4 Å². The number of hydrogen-bond donors (Lipinski definition) is 1. The highest BCUT2D eigenvalue weighted by Gasteiger charge is 2.24. The number of rotatable bonds is 6. The van der Waals surface area contributed by atoms with Crippen LogP contribution in [0.4, 0.5) is 5.69 Å². The van der Waals surface area contributed by atoms with Gasteiger partial charge in [0.1, 0.15) is 23.3 Å². The largest absolute Gasteiger partial charge is 0.497 e. The lowest BCUT2D eigenvalue weighted by Gasteiger charge is -2.12. The van der Waals surface area contributed by atoms with Crippen molar-refractivity contribution >= 4 is 51.3 Å². The molecule has 0 bridgehead atoms. The monoisotopic (exact) mass is 478 g/mol. The summed E-state index contributed by atoms with van der Waals surface area (Å²) in [5, 5.41) is 4.20. The number of carbonyl (C=O) groups excluding carboxylic acids is 2. The maximum Gasteiger partial charge on any atom is 0.340 e. The van der Waals surface area contributed by atoms with Crippen molar-refractivity contribution in [3.05, 3.63) is 58.4 Å². The van der Waals surface area contributed by atoms with E-state index in [2.05, 4.69) is 5.32 Å². The van der Waals surface area contributed by atoms with E-state index < -0.39 is 5.97 Å². The molecule has 174 valence electrons. The Labute approximate surface area is 198 Å². The maximum absolute atomic E-state index is 13.4. The highest BCUT2D eigenvalue weighted by molar-refractivity contribution is 7.99. The summed E-state index contributed by atoms with van der Waals surface area (Å²) in [4.78, 5) is 43.5. The first-order valence-corrected chi connectivity index (χ1v) is 11.8. The molecule has 2 aromatic carbocycles. The number of fused-ring (bicyclic) bond motifs is 4. The molecule has 0 fully saturated rings. The van der Waals surface area contributed by atoms with Gasteiger partial charge in [0.05, 0.1) is 30.5 Å². The zero-order valence-electron chi connectivity index (χ0n) is 18.7. The van der Waals surface area contributed by atoms with E-state index >= 15 is 0 Å². The lowest BCUT2D eigenvalue weighted by Crippen LogP contribution is -2.25. The predicted molar refractivity (Wildman–Crippen MR) is 130 cm³/mol. The van der Waals surface area contributed by atoms with Crippen LogP contribution in [-0.2, 0) is 22.6 Å². The molecule has 1 N–H and O–H groups in total. The number of esters is 1. The van der Waals surface area contributed by atoms with Gasteiger partial charge in [-0.1, -0.05) is 23.9 Å². The molecule has 0 saturated heterocycles. The normalized spacial score (nSPS) is 12.6. The minimum Gasteiger partial charge on any atom is -0.497 e. The standard InChI is InChI=1S/C24H22N4O5S/c1-3-33-23(31)15-6-4-5-7-17(15)25-19(29)13-28-18-9-8-14(32-2)12-16(18)20-21(28)22(30)27-10-11-34-24(27)26-20/h4-9,12H,3,10-11,13H2,1-2H3,(H,25,29). The molecular weight excluding hydrogens is 456 g/mol. The van der Waals surface area contributed by atoms with E-state index in [1.807, 2.05) is 12.1 Å². The summed E-state index contributed by atoms with van der Waals surface area (Å²) >= 11 is 1.54. The SMILES string of the molecule is CCOC(=O)c1ccccc1NC(=O)Cn1c2ccc(OC)cc2c2nc3n(c(=O)c21)CCS3. The van der Waals surface area contributed by atoms with Crippen molar-refractivity contribution in [3.8, 4) is 5.75 Å². The molecule has 2 aromatic heterocycles. The van der Waals surface area contributed by atoms with Crippen molar-refractivity contribution in [2.24, 2.45) is 0 Å². The summed E-state index contributed by atoms with van der Waals surface area (Å²) in [6.07, 6.45) is 0. The van der Waals surface area contributed by atoms with Crippen molar-refractivity contribution in [2.75, 3.05) is 24.8 Å². The number of carbonyl (C=O) groups is 2. The maximum atomic E-state index is 13.4. The Kier molecular flexibility index (Phi) is 5.74. The van der Waals surface area contributed by atoms with Crippen LogP contribution in [0.2, 0.25) is 0 Å². The average Bonchev–Trinajstić information content (AvgIpc) is 3.43. The van der Waals surface area contributed by atoms with E-state index in [0.717, 1.165) is 11.1 Å². The molecule has 0 saturated carbocycles. The van der Waals surface area contributed by atoms with E-state index in [1.54, 1.807) is 53.5 Å². The Morgan fingerprint density at radius 2 is 2.03 bits per heavy atom. The van der Waals surface area contributed by atoms with Crippen LogP contribution in [0.1, 0.15) is 17.3 Å². The van der Waals surface area contributed by atoms with Crippen molar-refractivity contribution in [1.29, 1.82) is 0 Å². The second-order valence-electron chi connectivity index (χ2n) is 7.68. The van der Waals surface area contributed by atoms with Gasteiger partial charge in [-0.2, -0.15) is 0 Å². The minimum atomic E-state index is -0.516. The molecule has 0 unspecified atom stereocenters. The number of amides is 1. The number of aromatic nitrogens is 3. The second-order valence-corrected chi connectivity index (χ2v) is 8.74. The number of thioether (sulfide) groups is 1. The number of methoxy groups -OCH3 is 1. The molecular formula is C24H22N4O5S. The van der Waals surface area contributed by atoms with Gasteiger partial charge in [-0.3, -0.25) is 14.2 Å². The molecule has 5 rings (SSSR count). The van der Waals surface area contributed by atoms with Gasteiger partial charge in [0.25, 0.3) is 5.56 Å². The third-order valence-electron chi connectivity index (χ3n) is 5.67. The molecule has 0 aliphatic carbocycles. The Morgan fingerprint density at radius 1 is 1.21 bits per heavy atom. The highest BCUT2D eigenvalue weighted by Crippen LogP contribution is 2.32. The van der Waals surface area contributed by atoms with Gasteiger partial charge >= 0.3 is 5.97 Å². The van der Waals surface area contributed by atoms with Crippen LogP contribution in [0.5, 0.6) is 5.75 Å². The number of anilines is 1. The van der Waals surface area contributed by atoms with Crippen LogP contribution in [0.15, 0.2) is 52.4 Å². The van der Waals surface area contributed by atoms with Crippen molar-refractivity contribution in [3.63, 3.8) is 0 Å². The Bertz CT molecular complexity index is 1510.